The van der Waals surface area contributed by atoms with Crippen molar-refractivity contribution in [3.8, 4) is 0 Å². The van der Waals surface area contributed by atoms with Crippen LogP contribution in [0.3, 0.4) is 0 Å². The number of benzene rings is 1. The maximum absolute atomic E-state index is 3.79. The van der Waals surface area contributed by atoms with E-state index in [9.17, 15) is 0 Å². The quantitative estimate of drug-likeness (QED) is 0.672. The molecule has 1 nitrogen and oxygen atoms in total. The molecule has 68 valence electrons. The predicted octanol–water partition coefficient (Wildman–Crippen LogP) is 3.05. The molecule has 0 bridgehead atoms. The molecular formula is C10H17NS. The fourth-order valence-electron chi connectivity index (χ4n) is 0.760. The molecule has 0 spiro atoms. The number of thiol groups is 1. The van der Waals surface area contributed by atoms with Crippen molar-refractivity contribution in [3.05, 3.63) is 30.3 Å². The van der Waals surface area contributed by atoms with Gasteiger partial charge in [-0.1, -0.05) is 25.1 Å². The largest absolute Gasteiger partial charge is 0.385 e. The van der Waals surface area contributed by atoms with E-state index in [1.165, 1.54) is 5.69 Å². The van der Waals surface area contributed by atoms with Gasteiger partial charge in [0.25, 0.3) is 0 Å². The molecule has 0 unspecified atom stereocenters. The van der Waals surface area contributed by atoms with Crippen molar-refractivity contribution >= 4 is 18.3 Å². The van der Waals surface area contributed by atoms with E-state index in [-0.39, 0.29) is 0 Å². The Labute approximate surface area is 80.6 Å². The van der Waals surface area contributed by atoms with Crippen LogP contribution in [0, 0.1) is 0 Å². The lowest BCUT2D eigenvalue weighted by Crippen LogP contribution is -1.94. The van der Waals surface area contributed by atoms with Crippen molar-refractivity contribution < 1.29 is 0 Å². The lowest BCUT2D eigenvalue weighted by Gasteiger charge is -1.99. The Morgan fingerprint density at radius 1 is 1.17 bits per heavy atom. The molecule has 0 heterocycles. The van der Waals surface area contributed by atoms with Crippen LogP contribution in [0.4, 0.5) is 5.69 Å². The van der Waals surface area contributed by atoms with Gasteiger partial charge in [-0.15, -0.1) is 0 Å². The Hall–Kier alpha value is -0.630. The first kappa shape index (κ1) is 11.4. The third-order valence-electron chi connectivity index (χ3n) is 1.15. The highest BCUT2D eigenvalue weighted by Crippen LogP contribution is 2.02. The van der Waals surface area contributed by atoms with E-state index in [1.54, 1.807) is 0 Å². The van der Waals surface area contributed by atoms with Gasteiger partial charge in [-0.2, -0.15) is 12.6 Å². The first-order chi connectivity index (χ1) is 5.85. The highest BCUT2D eigenvalue weighted by atomic mass is 32.1. The average Bonchev–Trinajstić information content (AvgIpc) is 2.08. The summed E-state index contributed by atoms with van der Waals surface area (Å²) >= 11 is 3.79. The van der Waals surface area contributed by atoms with E-state index < -0.39 is 0 Å². The number of rotatable bonds is 2. The van der Waals surface area contributed by atoms with Crippen LogP contribution in [0.2, 0.25) is 0 Å². The zero-order valence-electron chi connectivity index (χ0n) is 7.75. The minimum absolute atomic E-state index is 0.944. The maximum Gasteiger partial charge on any atom is 0.0340 e. The first-order valence-corrected chi connectivity index (χ1v) is 4.88. The fourth-order valence-corrected chi connectivity index (χ4v) is 0.760. The highest BCUT2D eigenvalue weighted by Gasteiger charge is 1.81. The van der Waals surface area contributed by atoms with E-state index in [4.69, 9.17) is 0 Å². The summed E-state index contributed by atoms with van der Waals surface area (Å²) in [5.74, 6) is 0.944. The van der Waals surface area contributed by atoms with Crippen molar-refractivity contribution in [2.45, 2.75) is 13.8 Å². The lowest BCUT2D eigenvalue weighted by atomic mass is 10.3. The van der Waals surface area contributed by atoms with E-state index in [2.05, 4.69) is 37.0 Å². The summed E-state index contributed by atoms with van der Waals surface area (Å²) < 4.78 is 0. The Bertz CT molecular complexity index is 174. The summed E-state index contributed by atoms with van der Waals surface area (Å²) in [5, 5.41) is 3.21. The van der Waals surface area contributed by atoms with Gasteiger partial charge in [-0.25, -0.2) is 0 Å². The molecule has 0 aliphatic carbocycles. The molecule has 1 aromatic carbocycles. The Morgan fingerprint density at radius 3 is 2.08 bits per heavy atom. The predicted molar refractivity (Wildman–Crippen MR) is 60.1 cm³/mol. The molecule has 0 aliphatic rings. The second kappa shape index (κ2) is 8.47. The average molecular weight is 183 g/mol. The van der Waals surface area contributed by atoms with Gasteiger partial charge in [-0.3, -0.25) is 0 Å². The molecule has 1 N–H and O–H groups in total. The lowest BCUT2D eigenvalue weighted by molar-refractivity contribution is 1.21. The van der Waals surface area contributed by atoms with E-state index in [1.807, 2.05) is 25.1 Å². The third kappa shape index (κ3) is 6.10. The van der Waals surface area contributed by atoms with Gasteiger partial charge in [0, 0.05) is 12.2 Å². The van der Waals surface area contributed by atoms with Crippen LogP contribution in [0.5, 0.6) is 0 Å². The maximum atomic E-state index is 3.79. The standard InChI is InChI=1S/C8H11N.C2H6S/c1-2-9-8-6-4-3-5-7-8;1-2-3/h3-7,9H,2H2,1H3;3H,2H2,1H3. The fraction of sp³-hybridized carbons (Fsp3) is 0.400. The van der Waals surface area contributed by atoms with Gasteiger partial charge in [0.15, 0.2) is 0 Å². The van der Waals surface area contributed by atoms with Crippen molar-refractivity contribution in [2.75, 3.05) is 17.6 Å². The summed E-state index contributed by atoms with van der Waals surface area (Å²) in [6.07, 6.45) is 0. The van der Waals surface area contributed by atoms with Crippen LogP contribution in [0.25, 0.3) is 0 Å². The van der Waals surface area contributed by atoms with Crippen LogP contribution in [-0.2, 0) is 0 Å². The number of nitrogens with one attached hydrogen (secondary N) is 1. The van der Waals surface area contributed by atoms with Gasteiger partial charge in [-0.05, 0) is 24.8 Å². The van der Waals surface area contributed by atoms with Crippen molar-refractivity contribution in [1.82, 2.24) is 0 Å². The van der Waals surface area contributed by atoms with Crippen LogP contribution < -0.4 is 5.32 Å². The van der Waals surface area contributed by atoms with Gasteiger partial charge < -0.3 is 5.32 Å². The third-order valence-corrected chi connectivity index (χ3v) is 1.15. The summed E-state index contributed by atoms with van der Waals surface area (Å²) in [6, 6.07) is 10.2. The Balaban J connectivity index is 0.000000354. The van der Waals surface area contributed by atoms with E-state index >= 15 is 0 Å². The number of hydrogen-bond donors (Lipinski definition) is 2. The molecule has 0 saturated carbocycles. The zero-order chi connectivity index (χ0) is 9.23. The topological polar surface area (TPSA) is 12.0 Å². The molecule has 0 aliphatic heterocycles. The zero-order valence-corrected chi connectivity index (χ0v) is 8.64. The second-order valence-corrected chi connectivity index (χ2v) is 2.85. The Morgan fingerprint density at radius 2 is 1.67 bits per heavy atom. The normalized spacial score (nSPS) is 8.25. The molecule has 0 atom stereocenters. The summed E-state index contributed by atoms with van der Waals surface area (Å²) in [5.41, 5.74) is 1.19. The number of anilines is 1. The number of para-hydroxylation sites is 1. The molecular weight excluding hydrogens is 166 g/mol. The van der Waals surface area contributed by atoms with E-state index in [0.717, 1.165) is 12.3 Å². The Kier molecular flexibility index (Phi) is 8.02. The van der Waals surface area contributed by atoms with Crippen molar-refractivity contribution in [1.29, 1.82) is 0 Å². The molecule has 12 heavy (non-hydrogen) atoms. The van der Waals surface area contributed by atoms with E-state index in [0.29, 0.717) is 0 Å². The summed E-state index contributed by atoms with van der Waals surface area (Å²) in [4.78, 5) is 0. The SMILES string of the molecule is CCNc1ccccc1.CCS. The first-order valence-electron chi connectivity index (χ1n) is 4.24. The molecule has 0 aromatic heterocycles. The minimum atomic E-state index is 0.944. The van der Waals surface area contributed by atoms with Crippen molar-refractivity contribution in [2.24, 2.45) is 0 Å². The molecule has 1 aromatic rings. The van der Waals surface area contributed by atoms with Crippen LogP contribution in [0.15, 0.2) is 30.3 Å². The van der Waals surface area contributed by atoms with Crippen LogP contribution in [-0.4, -0.2) is 12.3 Å². The highest BCUT2D eigenvalue weighted by molar-refractivity contribution is 7.80. The molecule has 0 radical (unpaired) electrons. The molecule has 0 saturated heterocycles. The second-order valence-electron chi connectivity index (χ2n) is 2.21. The van der Waals surface area contributed by atoms with Crippen LogP contribution in [0.1, 0.15) is 13.8 Å². The molecule has 0 amide bonds. The summed E-state index contributed by atoms with van der Waals surface area (Å²) in [7, 11) is 0. The van der Waals surface area contributed by atoms with Gasteiger partial charge >= 0.3 is 0 Å². The smallest absolute Gasteiger partial charge is 0.0340 e. The minimum Gasteiger partial charge on any atom is -0.385 e. The monoisotopic (exact) mass is 183 g/mol. The van der Waals surface area contributed by atoms with Gasteiger partial charge in [0.2, 0.25) is 0 Å². The molecule has 2 heteroatoms. The van der Waals surface area contributed by atoms with Gasteiger partial charge in [0.1, 0.15) is 0 Å². The van der Waals surface area contributed by atoms with Crippen LogP contribution >= 0.6 is 12.6 Å². The molecule has 0 fully saturated rings. The molecule has 1 rings (SSSR count). The van der Waals surface area contributed by atoms with Gasteiger partial charge in [0.05, 0.1) is 0 Å². The number of hydrogen-bond acceptors (Lipinski definition) is 2. The van der Waals surface area contributed by atoms with Crippen molar-refractivity contribution in [3.63, 3.8) is 0 Å². The summed E-state index contributed by atoms with van der Waals surface area (Å²) in [6.45, 7) is 5.07.